The van der Waals surface area contributed by atoms with Gasteiger partial charge in [-0.3, -0.25) is 9.59 Å². The number of carbonyl (C=O) groups is 2. The van der Waals surface area contributed by atoms with Crippen molar-refractivity contribution >= 4 is 23.6 Å². The van der Waals surface area contributed by atoms with Crippen molar-refractivity contribution in [2.24, 2.45) is 5.92 Å². The van der Waals surface area contributed by atoms with Crippen LogP contribution in [0.15, 0.2) is 24.3 Å². The van der Waals surface area contributed by atoms with Crippen molar-refractivity contribution in [1.29, 1.82) is 0 Å². The fraction of sp³-hybridized carbons (Fsp3) is 0.529. The minimum Gasteiger partial charge on any atom is -0.481 e. The summed E-state index contributed by atoms with van der Waals surface area (Å²) >= 11 is 1.69. The van der Waals surface area contributed by atoms with Gasteiger partial charge in [-0.15, -0.1) is 0 Å². The second kappa shape index (κ2) is 8.34. The van der Waals surface area contributed by atoms with Crippen molar-refractivity contribution in [1.82, 2.24) is 4.90 Å². The lowest BCUT2D eigenvalue weighted by Crippen LogP contribution is -2.49. The number of nitrogens with zero attached hydrogens (tertiary/aromatic N) is 1. The molecule has 4 nitrogen and oxygen atoms in total. The van der Waals surface area contributed by atoms with Gasteiger partial charge in [-0.1, -0.05) is 19.1 Å². The zero-order valence-electron chi connectivity index (χ0n) is 13.2. The number of thioether (sulfide) groups is 1. The lowest BCUT2D eigenvalue weighted by Gasteiger charge is -2.36. The number of carboxylic acids is 1. The summed E-state index contributed by atoms with van der Waals surface area (Å²) in [5, 5.41) is 9.00. The minimum atomic E-state index is -0.872. The Labute approximate surface area is 140 Å². The first kappa shape index (κ1) is 17.8. The number of carboxylic acid groups (broad SMARTS) is 1. The van der Waals surface area contributed by atoms with E-state index in [0.717, 1.165) is 11.3 Å². The maximum absolute atomic E-state index is 13.2. The third-order valence-electron chi connectivity index (χ3n) is 4.10. The van der Waals surface area contributed by atoms with Crippen LogP contribution in [0.2, 0.25) is 0 Å². The van der Waals surface area contributed by atoms with Gasteiger partial charge in [-0.2, -0.15) is 11.8 Å². The summed E-state index contributed by atoms with van der Waals surface area (Å²) in [5.41, 5.74) is 0.876. The second-order valence-electron chi connectivity index (χ2n) is 5.93. The van der Waals surface area contributed by atoms with Crippen molar-refractivity contribution in [2.75, 3.05) is 18.1 Å². The Morgan fingerprint density at radius 1 is 1.48 bits per heavy atom. The molecule has 1 aromatic rings. The molecule has 2 atom stereocenters. The van der Waals surface area contributed by atoms with E-state index in [1.807, 2.05) is 13.0 Å². The van der Waals surface area contributed by atoms with Gasteiger partial charge in [0.2, 0.25) is 5.91 Å². The summed E-state index contributed by atoms with van der Waals surface area (Å²) in [5.74, 6) is 0.192. The summed E-state index contributed by atoms with van der Waals surface area (Å²) in [6, 6.07) is 6.19. The molecule has 0 radical (unpaired) electrons. The van der Waals surface area contributed by atoms with Crippen LogP contribution in [0.25, 0.3) is 0 Å². The van der Waals surface area contributed by atoms with Crippen LogP contribution in [-0.4, -0.2) is 46.0 Å². The SMILES string of the molecule is CC(CCc1cccc(F)c1)C(=O)N1CCSCC1CC(=O)O. The molecule has 1 amide bonds. The molecule has 6 heteroatoms. The molecule has 23 heavy (non-hydrogen) atoms. The molecule has 1 aliphatic heterocycles. The van der Waals surface area contributed by atoms with Crippen LogP contribution in [0, 0.1) is 11.7 Å². The summed E-state index contributed by atoms with van der Waals surface area (Å²) < 4.78 is 13.2. The Morgan fingerprint density at radius 2 is 2.26 bits per heavy atom. The van der Waals surface area contributed by atoms with Crippen molar-refractivity contribution in [3.63, 3.8) is 0 Å². The van der Waals surface area contributed by atoms with Crippen molar-refractivity contribution < 1.29 is 19.1 Å². The Kier molecular flexibility index (Phi) is 6.45. The molecule has 0 spiro atoms. The van der Waals surface area contributed by atoms with Gasteiger partial charge < -0.3 is 10.0 Å². The number of amides is 1. The summed E-state index contributed by atoms with van der Waals surface area (Å²) in [7, 11) is 0. The van der Waals surface area contributed by atoms with E-state index in [9.17, 15) is 14.0 Å². The standard InChI is InChI=1S/C17H22FNO3S/c1-12(5-6-13-3-2-4-14(18)9-13)17(22)19-7-8-23-11-15(19)10-16(20)21/h2-4,9,12,15H,5-8,10-11H2,1H3,(H,20,21). The van der Waals surface area contributed by atoms with Crippen molar-refractivity contribution in [3.05, 3.63) is 35.6 Å². The second-order valence-corrected chi connectivity index (χ2v) is 7.08. The van der Waals surface area contributed by atoms with Crippen LogP contribution in [0.5, 0.6) is 0 Å². The maximum atomic E-state index is 13.2. The Balaban J connectivity index is 1.93. The third-order valence-corrected chi connectivity index (χ3v) is 5.19. The Bertz CT molecular complexity index is 567. The quantitative estimate of drug-likeness (QED) is 0.866. The molecule has 2 unspecified atom stereocenters. The third kappa shape index (κ3) is 5.23. The van der Waals surface area contributed by atoms with Gasteiger partial charge in [-0.05, 0) is 30.5 Å². The van der Waals surface area contributed by atoms with E-state index >= 15 is 0 Å². The molecule has 1 heterocycles. The summed E-state index contributed by atoms with van der Waals surface area (Å²) in [6.07, 6.45) is 1.26. The fourth-order valence-corrected chi connectivity index (χ4v) is 3.86. The number of hydrogen-bond donors (Lipinski definition) is 1. The summed E-state index contributed by atoms with van der Waals surface area (Å²) in [4.78, 5) is 25.3. The topological polar surface area (TPSA) is 57.6 Å². The number of hydrogen-bond acceptors (Lipinski definition) is 3. The molecule has 0 aromatic heterocycles. The molecule has 2 rings (SSSR count). The molecule has 0 aliphatic carbocycles. The summed E-state index contributed by atoms with van der Waals surface area (Å²) in [6.45, 7) is 2.47. The largest absolute Gasteiger partial charge is 0.481 e. The highest BCUT2D eigenvalue weighted by Crippen LogP contribution is 2.22. The average molecular weight is 339 g/mol. The maximum Gasteiger partial charge on any atom is 0.305 e. The van der Waals surface area contributed by atoms with E-state index < -0.39 is 5.97 Å². The number of aryl methyl sites for hydroxylation is 1. The number of halogens is 1. The number of carbonyl (C=O) groups excluding carboxylic acids is 1. The highest BCUT2D eigenvalue weighted by atomic mass is 32.2. The van der Waals surface area contributed by atoms with E-state index in [4.69, 9.17) is 5.11 Å². The number of aliphatic carboxylic acids is 1. The van der Waals surface area contributed by atoms with Gasteiger partial charge in [0.1, 0.15) is 5.82 Å². The average Bonchev–Trinajstić information content (AvgIpc) is 2.52. The van der Waals surface area contributed by atoms with Gasteiger partial charge in [0.25, 0.3) is 0 Å². The van der Waals surface area contributed by atoms with E-state index in [1.165, 1.54) is 12.1 Å². The Hall–Kier alpha value is -1.56. The van der Waals surface area contributed by atoms with Crippen LogP contribution >= 0.6 is 11.8 Å². The lowest BCUT2D eigenvalue weighted by molar-refractivity contribution is -0.141. The molecule has 1 fully saturated rings. The van der Waals surface area contributed by atoms with E-state index in [-0.39, 0.29) is 30.1 Å². The predicted molar refractivity (Wildman–Crippen MR) is 89.0 cm³/mol. The monoisotopic (exact) mass is 339 g/mol. The van der Waals surface area contributed by atoms with Crippen LogP contribution < -0.4 is 0 Å². The van der Waals surface area contributed by atoms with E-state index in [2.05, 4.69) is 0 Å². The van der Waals surface area contributed by atoms with Crippen LogP contribution in [0.4, 0.5) is 4.39 Å². The van der Waals surface area contributed by atoms with Crippen LogP contribution in [0.1, 0.15) is 25.3 Å². The molecule has 0 saturated carbocycles. The first-order valence-electron chi connectivity index (χ1n) is 7.82. The van der Waals surface area contributed by atoms with Crippen LogP contribution in [0.3, 0.4) is 0 Å². The molecule has 1 saturated heterocycles. The minimum absolute atomic E-state index is 0.00461. The molecular formula is C17H22FNO3S. The first-order chi connectivity index (χ1) is 11.0. The van der Waals surface area contributed by atoms with E-state index in [1.54, 1.807) is 22.7 Å². The molecule has 1 aliphatic rings. The van der Waals surface area contributed by atoms with Gasteiger partial charge in [0.15, 0.2) is 0 Å². The van der Waals surface area contributed by atoms with E-state index in [0.29, 0.717) is 25.1 Å². The van der Waals surface area contributed by atoms with Crippen molar-refractivity contribution in [3.8, 4) is 0 Å². The molecule has 0 bridgehead atoms. The smallest absolute Gasteiger partial charge is 0.305 e. The zero-order chi connectivity index (χ0) is 16.8. The zero-order valence-corrected chi connectivity index (χ0v) is 14.0. The van der Waals surface area contributed by atoms with Gasteiger partial charge in [-0.25, -0.2) is 4.39 Å². The Morgan fingerprint density at radius 3 is 2.96 bits per heavy atom. The predicted octanol–water partition coefficient (Wildman–Crippen LogP) is 2.81. The van der Waals surface area contributed by atoms with Gasteiger partial charge in [0, 0.05) is 24.0 Å². The van der Waals surface area contributed by atoms with Gasteiger partial charge in [0.05, 0.1) is 12.5 Å². The van der Waals surface area contributed by atoms with Gasteiger partial charge >= 0.3 is 5.97 Å². The van der Waals surface area contributed by atoms with Crippen molar-refractivity contribution in [2.45, 2.75) is 32.2 Å². The molecule has 1 N–H and O–H groups in total. The first-order valence-corrected chi connectivity index (χ1v) is 8.97. The molecule has 126 valence electrons. The highest BCUT2D eigenvalue weighted by molar-refractivity contribution is 7.99. The van der Waals surface area contributed by atoms with Crippen LogP contribution in [-0.2, 0) is 16.0 Å². The number of rotatable bonds is 6. The molecule has 1 aromatic carbocycles. The normalized spacial score (nSPS) is 19.4. The fourth-order valence-electron chi connectivity index (χ4n) is 2.80. The lowest BCUT2D eigenvalue weighted by atomic mass is 9.98. The molecular weight excluding hydrogens is 317 g/mol. The highest BCUT2D eigenvalue weighted by Gasteiger charge is 2.31. The number of benzene rings is 1.